The Bertz CT molecular complexity index is 1250. The van der Waals surface area contributed by atoms with Gasteiger partial charge >= 0.3 is 5.97 Å². The lowest BCUT2D eigenvalue weighted by Crippen LogP contribution is -2.04. The number of benzene rings is 4. The Labute approximate surface area is 194 Å². The monoisotopic (exact) mass is 438 g/mol. The summed E-state index contributed by atoms with van der Waals surface area (Å²) in [6, 6.07) is 30.8. The second kappa shape index (κ2) is 10.0. The van der Waals surface area contributed by atoms with Crippen molar-refractivity contribution in [1.29, 1.82) is 0 Å². The SMILES string of the molecule is COc1ccc(-c2cccc(-c3ccccc3)c2-c2ccccc2)c(OC)c1COC(C)=O. The molecule has 4 rings (SSSR count). The molecule has 0 aromatic heterocycles. The second-order valence-corrected chi connectivity index (χ2v) is 7.57. The van der Waals surface area contributed by atoms with Crippen molar-refractivity contribution >= 4 is 5.97 Å². The summed E-state index contributed by atoms with van der Waals surface area (Å²) in [6.07, 6.45) is 0. The van der Waals surface area contributed by atoms with Gasteiger partial charge in [-0.2, -0.15) is 0 Å². The Morgan fingerprint density at radius 1 is 0.667 bits per heavy atom. The minimum atomic E-state index is -0.361. The molecule has 0 aliphatic rings. The number of hydrogen-bond acceptors (Lipinski definition) is 4. The summed E-state index contributed by atoms with van der Waals surface area (Å²) in [5.41, 5.74) is 7.07. The van der Waals surface area contributed by atoms with E-state index in [4.69, 9.17) is 14.2 Å². The summed E-state index contributed by atoms with van der Waals surface area (Å²) in [7, 11) is 3.22. The zero-order valence-electron chi connectivity index (χ0n) is 19.0. The smallest absolute Gasteiger partial charge is 0.302 e. The topological polar surface area (TPSA) is 44.8 Å². The van der Waals surface area contributed by atoms with Crippen molar-refractivity contribution in [2.45, 2.75) is 13.5 Å². The number of carbonyl (C=O) groups excluding carboxylic acids is 1. The van der Waals surface area contributed by atoms with Gasteiger partial charge in [0.05, 0.1) is 19.8 Å². The molecule has 0 atom stereocenters. The third-order valence-electron chi connectivity index (χ3n) is 5.56. The number of rotatable bonds is 7. The Balaban J connectivity index is 2.00. The molecule has 0 heterocycles. The summed E-state index contributed by atoms with van der Waals surface area (Å²) in [4.78, 5) is 11.5. The zero-order chi connectivity index (χ0) is 23.2. The van der Waals surface area contributed by atoms with Crippen LogP contribution in [0.15, 0.2) is 91.0 Å². The van der Waals surface area contributed by atoms with Crippen LogP contribution in [-0.4, -0.2) is 20.2 Å². The van der Waals surface area contributed by atoms with Crippen LogP contribution in [0.2, 0.25) is 0 Å². The van der Waals surface area contributed by atoms with Gasteiger partial charge in [-0.05, 0) is 39.9 Å². The number of carbonyl (C=O) groups is 1. The van der Waals surface area contributed by atoms with Crippen LogP contribution < -0.4 is 9.47 Å². The molecule has 4 aromatic carbocycles. The molecule has 0 bridgehead atoms. The summed E-state index contributed by atoms with van der Waals surface area (Å²) in [5.74, 6) is 0.871. The van der Waals surface area contributed by atoms with Crippen molar-refractivity contribution in [3.05, 3.63) is 96.6 Å². The van der Waals surface area contributed by atoms with E-state index in [0.29, 0.717) is 17.1 Å². The Hall–Kier alpha value is -4.05. The maximum atomic E-state index is 11.5. The molecule has 4 heteroatoms. The summed E-state index contributed by atoms with van der Waals surface area (Å²) in [6.45, 7) is 1.45. The molecule has 166 valence electrons. The van der Waals surface area contributed by atoms with Gasteiger partial charge < -0.3 is 14.2 Å². The number of methoxy groups -OCH3 is 2. The molecule has 0 aliphatic carbocycles. The lowest BCUT2D eigenvalue weighted by molar-refractivity contribution is -0.142. The first-order valence-electron chi connectivity index (χ1n) is 10.8. The normalized spacial score (nSPS) is 10.5. The van der Waals surface area contributed by atoms with Crippen LogP contribution in [0.3, 0.4) is 0 Å². The van der Waals surface area contributed by atoms with Crippen molar-refractivity contribution < 1.29 is 19.0 Å². The van der Waals surface area contributed by atoms with Crippen LogP contribution in [0.1, 0.15) is 12.5 Å². The van der Waals surface area contributed by atoms with Crippen molar-refractivity contribution in [3.63, 3.8) is 0 Å². The molecule has 0 fully saturated rings. The van der Waals surface area contributed by atoms with Gasteiger partial charge in [-0.1, -0.05) is 78.9 Å². The summed E-state index contributed by atoms with van der Waals surface area (Å²) in [5, 5.41) is 0. The summed E-state index contributed by atoms with van der Waals surface area (Å²) >= 11 is 0. The highest BCUT2D eigenvalue weighted by molar-refractivity contribution is 5.96. The first kappa shape index (κ1) is 22.2. The fourth-order valence-corrected chi connectivity index (χ4v) is 4.11. The highest BCUT2D eigenvalue weighted by Gasteiger charge is 2.21. The van der Waals surface area contributed by atoms with Crippen molar-refractivity contribution in [2.24, 2.45) is 0 Å². The minimum Gasteiger partial charge on any atom is -0.496 e. The molecular formula is C29H26O4. The Kier molecular flexibility index (Phi) is 6.75. The van der Waals surface area contributed by atoms with Gasteiger partial charge in [-0.3, -0.25) is 4.79 Å². The van der Waals surface area contributed by atoms with E-state index in [1.807, 2.05) is 48.5 Å². The minimum absolute atomic E-state index is 0.0641. The van der Waals surface area contributed by atoms with E-state index >= 15 is 0 Å². The fourth-order valence-electron chi connectivity index (χ4n) is 4.11. The van der Waals surface area contributed by atoms with Gasteiger partial charge in [-0.25, -0.2) is 0 Å². The quantitative estimate of drug-likeness (QED) is 0.299. The van der Waals surface area contributed by atoms with E-state index in [9.17, 15) is 4.79 Å². The average molecular weight is 439 g/mol. The molecule has 33 heavy (non-hydrogen) atoms. The van der Waals surface area contributed by atoms with Gasteiger partial charge in [0, 0.05) is 12.5 Å². The summed E-state index contributed by atoms with van der Waals surface area (Å²) < 4.78 is 16.7. The van der Waals surface area contributed by atoms with E-state index in [1.165, 1.54) is 6.92 Å². The van der Waals surface area contributed by atoms with E-state index in [1.54, 1.807) is 14.2 Å². The van der Waals surface area contributed by atoms with E-state index < -0.39 is 0 Å². The zero-order valence-corrected chi connectivity index (χ0v) is 19.0. The second-order valence-electron chi connectivity index (χ2n) is 7.57. The maximum Gasteiger partial charge on any atom is 0.302 e. The van der Waals surface area contributed by atoms with Crippen LogP contribution >= 0.6 is 0 Å². The highest BCUT2D eigenvalue weighted by Crippen LogP contribution is 2.45. The predicted octanol–water partition coefficient (Wildman–Crippen LogP) is 6.77. The molecular weight excluding hydrogens is 412 g/mol. The maximum absolute atomic E-state index is 11.5. The third kappa shape index (κ3) is 4.60. The molecule has 0 amide bonds. The Morgan fingerprint density at radius 3 is 1.91 bits per heavy atom. The standard InChI is InChI=1S/C29H26O4/c1-20(30)33-19-26-27(31-2)18-17-25(29(26)32-3)24-16-10-15-23(21-11-6-4-7-12-21)28(24)22-13-8-5-9-14-22/h4-18H,19H2,1-3H3. The number of hydrogen-bond donors (Lipinski definition) is 0. The van der Waals surface area contributed by atoms with Gasteiger partial charge in [0.2, 0.25) is 0 Å². The molecule has 0 saturated carbocycles. The first-order valence-corrected chi connectivity index (χ1v) is 10.8. The molecule has 0 N–H and O–H groups in total. The number of ether oxygens (including phenoxy) is 3. The van der Waals surface area contributed by atoms with Crippen molar-refractivity contribution in [3.8, 4) is 44.9 Å². The van der Waals surface area contributed by atoms with Gasteiger partial charge in [0.1, 0.15) is 18.1 Å². The highest BCUT2D eigenvalue weighted by atomic mass is 16.5. The van der Waals surface area contributed by atoms with Crippen molar-refractivity contribution in [1.82, 2.24) is 0 Å². The number of esters is 1. The first-order chi connectivity index (χ1) is 16.1. The third-order valence-corrected chi connectivity index (χ3v) is 5.56. The lowest BCUT2D eigenvalue weighted by Gasteiger charge is -2.21. The molecule has 4 nitrogen and oxygen atoms in total. The fraction of sp³-hybridized carbons (Fsp3) is 0.138. The predicted molar refractivity (Wildman–Crippen MR) is 131 cm³/mol. The van der Waals surface area contributed by atoms with E-state index in [2.05, 4.69) is 42.5 Å². The Morgan fingerprint density at radius 2 is 1.30 bits per heavy atom. The average Bonchev–Trinajstić information content (AvgIpc) is 2.87. The van der Waals surface area contributed by atoms with Crippen LogP contribution in [0.5, 0.6) is 11.5 Å². The molecule has 0 unspecified atom stereocenters. The van der Waals surface area contributed by atoms with E-state index in [-0.39, 0.29) is 12.6 Å². The van der Waals surface area contributed by atoms with Crippen LogP contribution in [-0.2, 0) is 16.1 Å². The van der Waals surface area contributed by atoms with Gasteiger partial charge in [0.25, 0.3) is 0 Å². The molecule has 4 aromatic rings. The van der Waals surface area contributed by atoms with Crippen LogP contribution in [0, 0.1) is 0 Å². The molecule has 0 radical (unpaired) electrons. The van der Waals surface area contributed by atoms with Gasteiger partial charge in [-0.15, -0.1) is 0 Å². The molecule has 0 saturated heterocycles. The van der Waals surface area contributed by atoms with E-state index in [0.717, 1.165) is 33.4 Å². The van der Waals surface area contributed by atoms with Crippen molar-refractivity contribution in [2.75, 3.05) is 14.2 Å². The molecule has 0 aliphatic heterocycles. The van der Waals surface area contributed by atoms with Gasteiger partial charge in [0.15, 0.2) is 0 Å². The van der Waals surface area contributed by atoms with Crippen LogP contribution in [0.25, 0.3) is 33.4 Å². The molecule has 0 spiro atoms. The lowest BCUT2D eigenvalue weighted by atomic mass is 9.87. The largest absolute Gasteiger partial charge is 0.496 e. The van der Waals surface area contributed by atoms with Crippen LogP contribution in [0.4, 0.5) is 0 Å².